The van der Waals surface area contributed by atoms with E-state index in [9.17, 15) is 4.79 Å². The van der Waals surface area contributed by atoms with Gasteiger partial charge in [0, 0.05) is 11.4 Å². The number of benzene rings is 3. The fourth-order valence-electron chi connectivity index (χ4n) is 2.88. The van der Waals surface area contributed by atoms with E-state index in [1.165, 1.54) is 0 Å². The lowest BCUT2D eigenvalue weighted by Crippen LogP contribution is -2.31. The van der Waals surface area contributed by atoms with Crippen molar-refractivity contribution >= 4 is 50.6 Å². The van der Waals surface area contributed by atoms with Crippen molar-refractivity contribution in [2.45, 2.75) is 17.3 Å². The minimum Gasteiger partial charge on any atom is -0.457 e. The summed E-state index contributed by atoms with van der Waals surface area (Å²) in [6.07, 6.45) is 2.02. The number of thioether (sulfide) groups is 1. The molecule has 30 heavy (non-hydrogen) atoms. The first kappa shape index (κ1) is 20.3. The van der Waals surface area contributed by atoms with Gasteiger partial charge < -0.3 is 15.4 Å². The average Bonchev–Trinajstić information content (AvgIpc) is 3.18. The maximum absolute atomic E-state index is 12.6. The first-order valence-corrected chi connectivity index (χ1v) is 11.5. The Bertz CT molecular complexity index is 1140. The van der Waals surface area contributed by atoms with Gasteiger partial charge in [-0.05, 0) is 67.8 Å². The molecule has 0 aliphatic heterocycles. The summed E-state index contributed by atoms with van der Waals surface area (Å²) in [6.45, 7) is 1.84. The molecular weight excluding hydrogens is 414 g/mol. The second-order valence-electron chi connectivity index (χ2n) is 6.66. The number of ether oxygens (including phenoxy) is 1. The van der Waals surface area contributed by atoms with Gasteiger partial charge in [-0.25, -0.2) is 4.98 Å². The number of nitrogens with one attached hydrogen (secondary N) is 2. The van der Waals surface area contributed by atoms with Gasteiger partial charge in [0.15, 0.2) is 4.34 Å². The number of anilines is 2. The number of fused-ring (bicyclic) bond motifs is 1. The van der Waals surface area contributed by atoms with E-state index >= 15 is 0 Å². The van der Waals surface area contributed by atoms with Crippen LogP contribution < -0.4 is 15.4 Å². The summed E-state index contributed by atoms with van der Waals surface area (Å²) >= 11 is 3.29. The molecule has 2 N–H and O–H groups in total. The molecule has 0 bridgehead atoms. The van der Waals surface area contributed by atoms with Gasteiger partial charge in [0.25, 0.3) is 0 Å². The number of carbonyl (C=O) groups is 1. The molecule has 7 heteroatoms. The fourth-order valence-corrected chi connectivity index (χ4v) is 4.41. The van der Waals surface area contributed by atoms with Crippen LogP contribution in [0.15, 0.2) is 77.1 Å². The summed E-state index contributed by atoms with van der Waals surface area (Å²) in [5.41, 5.74) is 2.59. The van der Waals surface area contributed by atoms with Crippen molar-refractivity contribution in [2.24, 2.45) is 0 Å². The van der Waals surface area contributed by atoms with E-state index in [1.54, 1.807) is 23.1 Å². The van der Waals surface area contributed by atoms with Crippen molar-refractivity contribution in [1.29, 1.82) is 0 Å². The van der Waals surface area contributed by atoms with Crippen molar-refractivity contribution < 1.29 is 9.53 Å². The summed E-state index contributed by atoms with van der Waals surface area (Å²) in [5.74, 6) is 1.38. The second-order valence-corrected chi connectivity index (χ2v) is 8.75. The monoisotopic (exact) mass is 435 g/mol. The van der Waals surface area contributed by atoms with Crippen LogP contribution in [0.2, 0.25) is 0 Å². The summed E-state index contributed by atoms with van der Waals surface area (Å²) in [6, 6.07) is 22.5. The number of thiazole rings is 1. The molecule has 0 saturated heterocycles. The molecule has 0 aliphatic rings. The van der Waals surface area contributed by atoms with E-state index in [0.29, 0.717) is 5.75 Å². The highest BCUT2D eigenvalue weighted by Gasteiger charge is 2.14. The van der Waals surface area contributed by atoms with Crippen LogP contribution in [0.3, 0.4) is 0 Å². The Balaban J connectivity index is 1.36. The Morgan fingerprint density at radius 1 is 1.00 bits per heavy atom. The fraction of sp³-hybridized carbons (Fsp3) is 0.130. The summed E-state index contributed by atoms with van der Waals surface area (Å²) in [7, 11) is 0. The van der Waals surface area contributed by atoms with Crippen LogP contribution >= 0.6 is 23.1 Å². The van der Waals surface area contributed by atoms with E-state index < -0.39 is 6.04 Å². The largest absolute Gasteiger partial charge is 0.457 e. The lowest BCUT2D eigenvalue weighted by Gasteiger charge is -2.15. The van der Waals surface area contributed by atoms with Gasteiger partial charge in [0.2, 0.25) is 5.91 Å². The van der Waals surface area contributed by atoms with Crippen molar-refractivity contribution in [2.75, 3.05) is 16.9 Å². The minimum atomic E-state index is -0.393. The van der Waals surface area contributed by atoms with Gasteiger partial charge in [-0.15, -0.1) is 11.3 Å². The molecule has 0 spiro atoms. The van der Waals surface area contributed by atoms with E-state index in [4.69, 9.17) is 4.74 Å². The molecule has 4 aromatic rings. The zero-order valence-corrected chi connectivity index (χ0v) is 18.2. The van der Waals surface area contributed by atoms with Crippen molar-refractivity contribution in [1.82, 2.24) is 4.98 Å². The van der Waals surface area contributed by atoms with Crippen LogP contribution in [-0.4, -0.2) is 23.2 Å². The van der Waals surface area contributed by atoms with Crippen LogP contribution in [0.5, 0.6) is 11.5 Å². The van der Waals surface area contributed by atoms with Crippen LogP contribution in [0.1, 0.15) is 6.92 Å². The lowest BCUT2D eigenvalue weighted by molar-refractivity contribution is -0.116. The Morgan fingerprint density at radius 2 is 1.70 bits per heavy atom. The third kappa shape index (κ3) is 4.93. The standard InChI is InChI=1S/C23H21N3O2S2/c1-15(24-17-10-13-20-21(14-17)30-23(26-20)29-2)22(27)25-16-8-11-19(12-9-16)28-18-6-4-3-5-7-18/h3-15,24H,1-2H3,(H,25,27)/t15-/m0/s1. The van der Waals surface area contributed by atoms with Gasteiger partial charge in [-0.2, -0.15) is 0 Å². The Morgan fingerprint density at radius 3 is 2.43 bits per heavy atom. The molecule has 152 valence electrons. The van der Waals surface area contributed by atoms with Crippen molar-refractivity contribution in [3.63, 3.8) is 0 Å². The molecule has 1 amide bonds. The molecule has 3 aromatic carbocycles. The normalized spacial score (nSPS) is 11.8. The van der Waals surface area contributed by atoms with E-state index in [0.717, 1.165) is 31.7 Å². The number of rotatable bonds is 7. The summed E-state index contributed by atoms with van der Waals surface area (Å²) < 4.78 is 7.92. The van der Waals surface area contributed by atoms with Crippen LogP contribution in [0, 0.1) is 0 Å². The molecule has 0 aliphatic carbocycles. The number of nitrogens with zero attached hydrogens (tertiary/aromatic N) is 1. The number of hydrogen-bond acceptors (Lipinski definition) is 6. The highest BCUT2D eigenvalue weighted by molar-refractivity contribution is 8.00. The first-order valence-electron chi connectivity index (χ1n) is 9.45. The van der Waals surface area contributed by atoms with E-state index in [-0.39, 0.29) is 5.91 Å². The van der Waals surface area contributed by atoms with Crippen LogP contribution in [0.25, 0.3) is 10.2 Å². The SMILES string of the molecule is CSc1nc2ccc(N[C@@H](C)C(=O)Nc3ccc(Oc4ccccc4)cc3)cc2s1. The minimum absolute atomic E-state index is 0.110. The van der Waals surface area contributed by atoms with Crippen molar-refractivity contribution in [3.05, 3.63) is 72.8 Å². The number of carbonyl (C=O) groups excluding carboxylic acids is 1. The van der Waals surface area contributed by atoms with E-state index in [2.05, 4.69) is 15.6 Å². The zero-order chi connectivity index (χ0) is 20.9. The Hall–Kier alpha value is -3.03. The zero-order valence-electron chi connectivity index (χ0n) is 16.6. The average molecular weight is 436 g/mol. The van der Waals surface area contributed by atoms with Crippen molar-refractivity contribution in [3.8, 4) is 11.5 Å². The molecule has 1 heterocycles. The van der Waals surface area contributed by atoms with E-state index in [1.807, 2.05) is 86.0 Å². The highest BCUT2D eigenvalue weighted by Crippen LogP contribution is 2.30. The molecule has 4 rings (SSSR count). The third-order valence-electron chi connectivity index (χ3n) is 4.42. The van der Waals surface area contributed by atoms with Gasteiger partial charge in [0.05, 0.1) is 10.2 Å². The lowest BCUT2D eigenvalue weighted by atomic mass is 10.2. The smallest absolute Gasteiger partial charge is 0.246 e. The Labute approximate surface area is 183 Å². The van der Waals surface area contributed by atoms with Crippen LogP contribution in [-0.2, 0) is 4.79 Å². The number of aromatic nitrogens is 1. The van der Waals surface area contributed by atoms with Gasteiger partial charge in [-0.1, -0.05) is 30.0 Å². The maximum Gasteiger partial charge on any atom is 0.246 e. The molecule has 0 unspecified atom stereocenters. The van der Waals surface area contributed by atoms with Crippen LogP contribution in [0.4, 0.5) is 11.4 Å². The predicted molar refractivity (Wildman–Crippen MR) is 126 cm³/mol. The second kappa shape index (κ2) is 9.19. The highest BCUT2D eigenvalue weighted by atomic mass is 32.2. The summed E-state index contributed by atoms with van der Waals surface area (Å²) in [5, 5.41) is 6.19. The molecule has 0 radical (unpaired) electrons. The molecule has 0 saturated carbocycles. The number of para-hydroxylation sites is 1. The molecular formula is C23H21N3O2S2. The quantitative estimate of drug-likeness (QED) is 0.336. The van der Waals surface area contributed by atoms with Gasteiger partial charge in [-0.3, -0.25) is 4.79 Å². The third-order valence-corrected chi connectivity index (χ3v) is 6.42. The van der Waals surface area contributed by atoms with Gasteiger partial charge >= 0.3 is 0 Å². The topological polar surface area (TPSA) is 63.2 Å². The Kier molecular flexibility index (Phi) is 6.21. The molecule has 5 nitrogen and oxygen atoms in total. The maximum atomic E-state index is 12.6. The first-order chi connectivity index (χ1) is 14.6. The number of hydrogen-bond donors (Lipinski definition) is 2. The predicted octanol–water partition coefficient (Wildman–Crippen LogP) is 6.25. The molecule has 1 aromatic heterocycles. The summed E-state index contributed by atoms with van der Waals surface area (Å²) in [4.78, 5) is 17.1. The molecule has 0 fully saturated rings. The number of amides is 1. The molecule has 1 atom stereocenters. The van der Waals surface area contributed by atoms with Gasteiger partial charge in [0.1, 0.15) is 17.5 Å².